The zero-order chi connectivity index (χ0) is 20.1. The molecule has 29 heavy (non-hydrogen) atoms. The highest BCUT2D eigenvalue weighted by Gasteiger charge is 2.29. The first-order valence-corrected chi connectivity index (χ1v) is 10.8. The van der Waals surface area contributed by atoms with Crippen LogP contribution in [-0.4, -0.2) is 20.3 Å². The maximum absolute atomic E-state index is 11.5. The number of benzene rings is 1. The lowest BCUT2D eigenvalue weighted by atomic mass is 9.81. The molecule has 0 bridgehead atoms. The second kappa shape index (κ2) is 6.84. The number of aryl methyl sites for hydroxylation is 1. The van der Waals surface area contributed by atoms with Gasteiger partial charge in [0, 0.05) is 28.9 Å². The Balaban J connectivity index is 1.63. The van der Waals surface area contributed by atoms with Crippen molar-refractivity contribution in [2.75, 3.05) is 5.73 Å². The first kappa shape index (κ1) is 18.1. The fourth-order valence-corrected chi connectivity index (χ4v) is 5.63. The molecule has 7 heteroatoms. The van der Waals surface area contributed by atoms with E-state index < -0.39 is 0 Å². The fourth-order valence-electron chi connectivity index (χ4n) is 4.51. The molecule has 1 aliphatic carbocycles. The van der Waals surface area contributed by atoms with E-state index in [1.165, 1.54) is 15.6 Å². The molecule has 3 aromatic heterocycles. The lowest BCUT2D eigenvalue weighted by molar-refractivity contribution is -0.122. The molecule has 1 saturated carbocycles. The maximum atomic E-state index is 11.5. The molecule has 0 aliphatic heterocycles. The number of anilines is 1. The summed E-state index contributed by atoms with van der Waals surface area (Å²) in [6.45, 7) is 2.13. The third-order valence-electron chi connectivity index (χ3n) is 6.08. The summed E-state index contributed by atoms with van der Waals surface area (Å²) in [5.74, 6) is 1.56. The summed E-state index contributed by atoms with van der Waals surface area (Å²) in [6.07, 6.45) is 7.09. The number of nitrogens with two attached hydrogens (primary N) is 2. The molecule has 3 heterocycles. The number of aromatic nitrogens is 3. The van der Waals surface area contributed by atoms with Crippen molar-refractivity contribution in [2.24, 2.45) is 11.7 Å². The van der Waals surface area contributed by atoms with Gasteiger partial charge in [0.15, 0.2) is 0 Å². The fraction of sp³-hybridized carbons (Fsp3) is 0.318. The number of imidazole rings is 1. The van der Waals surface area contributed by atoms with Crippen molar-refractivity contribution in [1.82, 2.24) is 14.4 Å². The Kier molecular flexibility index (Phi) is 4.28. The van der Waals surface area contributed by atoms with Crippen molar-refractivity contribution < 1.29 is 4.79 Å². The molecule has 5 rings (SSSR count). The first-order chi connectivity index (χ1) is 14.0. The summed E-state index contributed by atoms with van der Waals surface area (Å²) in [4.78, 5) is 22.0. The van der Waals surface area contributed by atoms with Gasteiger partial charge >= 0.3 is 0 Å². The smallest absolute Gasteiger partial charge is 0.220 e. The van der Waals surface area contributed by atoms with Crippen LogP contribution in [0, 0.1) is 12.8 Å². The summed E-state index contributed by atoms with van der Waals surface area (Å²) in [5.41, 5.74) is 14.8. The Morgan fingerprint density at radius 2 is 2.03 bits per heavy atom. The second-order valence-corrected chi connectivity index (χ2v) is 8.96. The monoisotopic (exact) mass is 405 g/mol. The summed E-state index contributed by atoms with van der Waals surface area (Å²) in [6, 6.07) is 8.54. The predicted molar refractivity (Wildman–Crippen MR) is 117 cm³/mol. The number of hydrogen-bond acceptors (Lipinski definition) is 5. The van der Waals surface area contributed by atoms with Crippen molar-refractivity contribution in [3.8, 4) is 10.6 Å². The number of rotatable bonds is 3. The van der Waals surface area contributed by atoms with Crippen molar-refractivity contribution in [1.29, 1.82) is 0 Å². The summed E-state index contributed by atoms with van der Waals surface area (Å²) >= 11 is 1.74. The van der Waals surface area contributed by atoms with E-state index in [-0.39, 0.29) is 17.7 Å². The lowest BCUT2D eigenvalue weighted by Crippen LogP contribution is -2.27. The van der Waals surface area contributed by atoms with E-state index in [0.29, 0.717) is 5.82 Å². The van der Waals surface area contributed by atoms with E-state index in [1.807, 2.05) is 6.20 Å². The van der Waals surface area contributed by atoms with Gasteiger partial charge in [-0.05, 0) is 49.6 Å². The Morgan fingerprint density at radius 3 is 2.76 bits per heavy atom. The number of primary amides is 1. The summed E-state index contributed by atoms with van der Waals surface area (Å²) < 4.78 is 3.36. The van der Waals surface area contributed by atoms with E-state index in [9.17, 15) is 4.79 Å². The predicted octanol–water partition coefficient (Wildman–Crippen LogP) is 4.26. The van der Waals surface area contributed by atoms with Crippen LogP contribution in [0.2, 0.25) is 0 Å². The highest BCUT2D eigenvalue weighted by Crippen LogP contribution is 2.41. The molecule has 4 aromatic rings. The van der Waals surface area contributed by atoms with Crippen molar-refractivity contribution in [3.63, 3.8) is 0 Å². The van der Waals surface area contributed by atoms with Crippen LogP contribution in [0.5, 0.6) is 0 Å². The van der Waals surface area contributed by atoms with Gasteiger partial charge in [-0.1, -0.05) is 18.2 Å². The molecule has 148 valence electrons. The van der Waals surface area contributed by atoms with Crippen molar-refractivity contribution in [2.45, 2.75) is 38.5 Å². The first-order valence-electron chi connectivity index (χ1n) is 9.94. The molecule has 1 aliphatic rings. The van der Waals surface area contributed by atoms with Crippen LogP contribution in [0.3, 0.4) is 0 Å². The molecule has 6 nitrogen and oxygen atoms in total. The van der Waals surface area contributed by atoms with Gasteiger partial charge in [0.05, 0.1) is 4.88 Å². The Bertz CT molecular complexity index is 1230. The van der Waals surface area contributed by atoms with Crippen LogP contribution in [0.25, 0.3) is 26.2 Å². The van der Waals surface area contributed by atoms with Crippen LogP contribution in [0.4, 0.5) is 5.82 Å². The summed E-state index contributed by atoms with van der Waals surface area (Å²) in [7, 11) is 0. The number of thiophene rings is 1. The largest absolute Gasteiger partial charge is 0.382 e. The number of carbonyl (C=O) groups excluding carboxylic acids is 1. The molecular weight excluding hydrogens is 382 g/mol. The van der Waals surface area contributed by atoms with Crippen LogP contribution in [-0.2, 0) is 4.79 Å². The van der Waals surface area contributed by atoms with Gasteiger partial charge in [0.25, 0.3) is 0 Å². The second-order valence-electron chi connectivity index (χ2n) is 7.90. The van der Waals surface area contributed by atoms with Crippen LogP contribution >= 0.6 is 11.3 Å². The minimum atomic E-state index is -0.189. The van der Waals surface area contributed by atoms with Crippen molar-refractivity contribution >= 4 is 38.7 Å². The van der Waals surface area contributed by atoms with Crippen LogP contribution in [0.15, 0.2) is 36.7 Å². The van der Waals surface area contributed by atoms with E-state index in [2.05, 4.69) is 40.6 Å². The Labute approximate surface area is 172 Å². The van der Waals surface area contributed by atoms with Gasteiger partial charge in [-0.25, -0.2) is 9.97 Å². The van der Waals surface area contributed by atoms with Gasteiger partial charge in [-0.15, -0.1) is 11.3 Å². The topological polar surface area (TPSA) is 99.3 Å². The standard InChI is InChI=1S/C22H23N5OS/c1-12-3-2-4-15-11-16(29-19(12)15)17-18-20(23)25-9-10-27(18)22(26-17)14-7-5-13(6-8-14)21(24)28/h2-4,9-11,13-14H,5-8H2,1H3,(H2,23,25)(H2,24,28). The molecule has 0 atom stereocenters. The molecule has 1 amide bonds. The average molecular weight is 406 g/mol. The number of hydrogen-bond donors (Lipinski definition) is 2. The third kappa shape index (κ3) is 2.97. The molecule has 1 fully saturated rings. The molecule has 4 N–H and O–H groups in total. The van der Waals surface area contributed by atoms with E-state index in [4.69, 9.17) is 16.5 Å². The van der Waals surface area contributed by atoms with Gasteiger partial charge in [0.2, 0.25) is 5.91 Å². The molecule has 0 spiro atoms. The van der Waals surface area contributed by atoms with Crippen LogP contribution in [0.1, 0.15) is 43.0 Å². The third-order valence-corrected chi connectivity index (χ3v) is 7.37. The van der Waals surface area contributed by atoms with E-state index in [1.54, 1.807) is 17.5 Å². The number of carbonyl (C=O) groups is 1. The minimum Gasteiger partial charge on any atom is -0.382 e. The number of nitrogens with zero attached hydrogens (tertiary/aromatic N) is 3. The maximum Gasteiger partial charge on any atom is 0.220 e. The SMILES string of the molecule is Cc1cccc2cc(-c3nc(C4CCC(C(N)=O)CC4)n4ccnc(N)c34)sc12. The van der Waals surface area contributed by atoms with Crippen LogP contribution < -0.4 is 11.5 Å². The highest BCUT2D eigenvalue weighted by atomic mass is 32.1. The molecule has 0 unspecified atom stereocenters. The van der Waals surface area contributed by atoms with Crippen molar-refractivity contribution in [3.05, 3.63) is 48.0 Å². The Hall–Kier alpha value is -2.93. The summed E-state index contributed by atoms with van der Waals surface area (Å²) in [5, 5.41) is 1.22. The van der Waals surface area contributed by atoms with Gasteiger partial charge in [-0.2, -0.15) is 0 Å². The highest BCUT2D eigenvalue weighted by molar-refractivity contribution is 7.22. The normalized spacial score (nSPS) is 19.8. The molecule has 1 aromatic carbocycles. The number of fused-ring (bicyclic) bond motifs is 2. The van der Waals surface area contributed by atoms with Gasteiger partial charge in [-0.3, -0.25) is 9.20 Å². The zero-order valence-corrected chi connectivity index (χ0v) is 17.1. The number of amides is 1. The Morgan fingerprint density at radius 1 is 1.24 bits per heavy atom. The van der Waals surface area contributed by atoms with Gasteiger partial charge in [0.1, 0.15) is 22.9 Å². The quantitative estimate of drug-likeness (QED) is 0.532. The zero-order valence-electron chi connectivity index (χ0n) is 16.3. The molecule has 0 radical (unpaired) electrons. The lowest BCUT2D eigenvalue weighted by Gasteiger charge is -2.25. The van der Waals surface area contributed by atoms with Gasteiger partial charge < -0.3 is 11.5 Å². The molecule has 0 saturated heterocycles. The number of nitrogen functional groups attached to an aromatic ring is 1. The molecular formula is C22H23N5OS. The van der Waals surface area contributed by atoms with E-state index in [0.717, 1.165) is 47.6 Å². The average Bonchev–Trinajstić information content (AvgIpc) is 3.31. The minimum absolute atomic E-state index is 0.0192. The van der Waals surface area contributed by atoms with E-state index >= 15 is 0 Å².